The van der Waals surface area contributed by atoms with Crippen LogP contribution >= 0.6 is 0 Å². The predicted molar refractivity (Wildman–Crippen MR) is 102 cm³/mol. The third-order valence-corrected chi connectivity index (χ3v) is 6.31. The zero-order valence-electron chi connectivity index (χ0n) is 15.9. The molecule has 1 aliphatic carbocycles. The molecule has 146 valence electrons. The molecule has 3 fully saturated rings. The van der Waals surface area contributed by atoms with Crippen molar-refractivity contribution in [1.29, 1.82) is 0 Å². The maximum Gasteiger partial charge on any atom is 0.230 e. The zero-order valence-corrected chi connectivity index (χ0v) is 15.9. The van der Waals surface area contributed by atoms with Crippen molar-refractivity contribution in [2.45, 2.75) is 37.1 Å². The summed E-state index contributed by atoms with van der Waals surface area (Å²) >= 11 is 0. The van der Waals surface area contributed by atoms with Crippen LogP contribution in [0.15, 0.2) is 30.3 Å². The van der Waals surface area contributed by atoms with E-state index in [2.05, 4.69) is 10.2 Å². The van der Waals surface area contributed by atoms with Gasteiger partial charge < -0.3 is 15.0 Å². The summed E-state index contributed by atoms with van der Waals surface area (Å²) in [6.45, 7) is 5.64. The van der Waals surface area contributed by atoms with E-state index < -0.39 is 5.41 Å². The highest BCUT2D eigenvalue weighted by Gasteiger charge is 2.46. The highest BCUT2D eigenvalue weighted by Crippen LogP contribution is 2.44. The minimum Gasteiger partial charge on any atom is -0.379 e. The summed E-state index contributed by atoms with van der Waals surface area (Å²) < 4.78 is 5.37. The zero-order chi connectivity index (χ0) is 18.7. The summed E-state index contributed by atoms with van der Waals surface area (Å²) in [4.78, 5) is 29.7. The van der Waals surface area contributed by atoms with Gasteiger partial charge in [0.25, 0.3) is 0 Å². The van der Waals surface area contributed by atoms with Crippen LogP contribution in [-0.4, -0.2) is 73.6 Å². The van der Waals surface area contributed by atoms with Crippen molar-refractivity contribution in [3.8, 4) is 0 Å². The van der Waals surface area contributed by atoms with Gasteiger partial charge in [0.1, 0.15) is 0 Å². The van der Waals surface area contributed by atoms with Gasteiger partial charge in [-0.05, 0) is 18.4 Å². The monoisotopic (exact) mass is 371 g/mol. The molecule has 0 bridgehead atoms. The minimum absolute atomic E-state index is 0.0733. The average Bonchev–Trinajstić information content (AvgIpc) is 3.00. The lowest BCUT2D eigenvalue weighted by molar-refractivity contribution is -0.130. The second-order valence-electron chi connectivity index (χ2n) is 7.97. The van der Waals surface area contributed by atoms with Gasteiger partial charge in [-0.25, -0.2) is 0 Å². The Labute approximate surface area is 160 Å². The molecular formula is C21H29N3O3. The Kier molecular flexibility index (Phi) is 5.45. The van der Waals surface area contributed by atoms with E-state index in [9.17, 15) is 9.59 Å². The number of rotatable bonds is 6. The first-order valence-corrected chi connectivity index (χ1v) is 10.1. The molecule has 1 aromatic rings. The van der Waals surface area contributed by atoms with Crippen LogP contribution in [0, 0.1) is 0 Å². The molecule has 4 rings (SSSR count). The van der Waals surface area contributed by atoms with E-state index in [0.717, 1.165) is 64.2 Å². The van der Waals surface area contributed by atoms with E-state index in [4.69, 9.17) is 4.74 Å². The molecule has 0 spiro atoms. The number of ether oxygens (including phenoxy) is 1. The molecule has 6 nitrogen and oxygen atoms in total. The lowest BCUT2D eigenvalue weighted by atomic mass is 9.63. The predicted octanol–water partition coefficient (Wildman–Crippen LogP) is 1.16. The minimum atomic E-state index is -0.397. The molecule has 2 aliphatic heterocycles. The first kappa shape index (κ1) is 18.4. The highest BCUT2D eigenvalue weighted by molar-refractivity contribution is 5.90. The molecule has 1 aromatic carbocycles. The molecular weight excluding hydrogens is 342 g/mol. The van der Waals surface area contributed by atoms with Crippen LogP contribution in [0.5, 0.6) is 0 Å². The van der Waals surface area contributed by atoms with Gasteiger partial charge in [0.05, 0.1) is 24.7 Å². The number of morpholine rings is 1. The normalized spacial score (nSPS) is 25.3. The van der Waals surface area contributed by atoms with E-state index in [1.165, 1.54) is 0 Å². The number of hydrogen-bond donors (Lipinski definition) is 1. The van der Waals surface area contributed by atoms with Gasteiger partial charge in [0.15, 0.2) is 0 Å². The summed E-state index contributed by atoms with van der Waals surface area (Å²) in [5, 5.41) is 3.18. The Balaban J connectivity index is 1.32. The van der Waals surface area contributed by atoms with E-state index in [1.54, 1.807) is 0 Å². The topological polar surface area (TPSA) is 61.9 Å². The van der Waals surface area contributed by atoms with Gasteiger partial charge in [-0.2, -0.15) is 0 Å². The number of nitrogens with one attached hydrogen (secondary N) is 1. The van der Waals surface area contributed by atoms with Gasteiger partial charge in [-0.1, -0.05) is 36.8 Å². The summed E-state index contributed by atoms with van der Waals surface area (Å²) in [6, 6.07) is 10.00. The van der Waals surface area contributed by atoms with Crippen LogP contribution in [0.4, 0.5) is 0 Å². The van der Waals surface area contributed by atoms with Crippen LogP contribution < -0.4 is 5.32 Å². The Hall–Kier alpha value is -1.92. The summed E-state index contributed by atoms with van der Waals surface area (Å²) in [5.41, 5.74) is 0.702. The van der Waals surface area contributed by atoms with E-state index >= 15 is 0 Å². The fourth-order valence-electron chi connectivity index (χ4n) is 4.43. The van der Waals surface area contributed by atoms with Crippen molar-refractivity contribution in [1.82, 2.24) is 15.1 Å². The van der Waals surface area contributed by atoms with Crippen LogP contribution in [-0.2, 0) is 19.7 Å². The largest absolute Gasteiger partial charge is 0.379 e. The fraction of sp³-hybridized carbons (Fsp3) is 0.619. The fourth-order valence-corrected chi connectivity index (χ4v) is 4.43. The van der Waals surface area contributed by atoms with Crippen molar-refractivity contribution in [3.63, 3.8) is 0 Å². The molecule has 1 saturated carbocycles. The molecule has 6 heteroatoms. The van der Waals surface area contributed by atoms with Crippen molar-refractivity contribution < 1.29 is 14.3 Å². The van der Waals surface area contributed by atoms with E-state index in [0.29, 0.717) is 13.0 Å². The maximum absolute atomic E-state index is 13.1. The molecule has 27 heavy (non-hydrogen) atoms. The number of carbonyl (C=O) groups is 2. The lowest BCUT2D eigenvalue weighted by Gasteiger charge is -2.41. The number of carbonyl (C=O) groups excluding carboxylic acids is 2. The molecule has 1 unspecified atom stereocenters. The number of nitrogens with zero attached hydrogens (tertiary/aromatic N) is 2. The second-order valence-corrected chi connectivity index (χ2v) is 7.97. The van der Waals surface area contributed by atoms with Crippen LogP contribution in [0.2, 0.25) is 0 Å². The molecule has 3 aliphatic rings. The van der Waals surface area contributed by atoms with E-state index in [-0.39, 0.29) is 17.9 Å². The summed E-state index contributed by atoms with van der Waals surface area (Å²) in [6.07, 6.45) is 3.28. The van der Waals surface area contributed by atoms with Gasteiger partial charge in [-0.15, -0.1) is 0 Å². The van der Waals surface area contributed by atoms with Crippen LogP contribution in [0.1, 0.15) is 31.2 Å². The van der Waals surface area contributed by atoms with Gasteiger partial charge >= 0.3 is 0 Å². The quantitative estimate of drug-likeness (QED) is 0.815. The second kappa shape index (κ2) is 7.98. The molecule has 1 N–H and O–H groups in total. The van der Waals surface area contributed by atoms with Crippen molar-refractivity contribution >= 4 is 11.8 Å². The Bertz CT molecular complexity index is 669. The summed E-state index contributed by atoms with van der Waals surface area (Å²) in [5.74, 6) is 0.240. The Morgan fingerprint density at radius 3 is 2.56 bits per heavy atom. The van der Waals surface area contributed by atoms with Crippen LogP contribution in [0.25, 0.3) is 0 Å². The molecule has 2 amide bonds. The first-order valence-electron chi connectivity index (χ1n) is 10.1. The summed E-state index contributed by atoms with van der Waals surface area (Å²) in [7, 11) is 0. The van der Waals surface area contributed by atoms with Crippen LogP contribution in [0.3, 0.4) is 0 Å². The Morgan fingerprint density at radius 2 is 1.89 bits per heavy atom. The number of hydrogen-bond acceptors (Lipinski definition) is 4. The number of amides is 2. The van der Waals surface area contributed by atoms with Gasteiger partial charge in [0.2, 0.25) is 11.8 Å². The van der Waals surface area contributed by atoms with Gasteiger partial charge in [-0.3, -0.25) is 14.5 Å². The Morgan fingerprint density at radius 1 is 1.15 bits per heavy atom. The van der Waals surface area contributed by atoms with Crippen molar-refractivity contribution in [2.75, 3.05) is 45.9 Å². The smallest absolute Gasteiger partial charge is 0.230 e. The van der Waals surface area contributed by atoms with Gasteiger partial charge in [0, 0.05) is 39.1 Å². The molecule has 2 heterocycles. The molecule has 2 saturated heterocycles. The third kappa shape index (κ3) is 3.87. The average molecular weight is 371 g/mol. The standard InChI is InChI=1S/C21H29N3O3/c25-19-15-18(16-24(19)10-9-23-11-13-27-14-12-23)22-20(26)21(7-4-8-21)17-5-2-1-3-6-17/h1-3,5-6,18H,4,7-16H2,(H,22,26). The molecule has 1 atom stereocenters. The van der Waals surface area contributed by atoms with Crippen molar-refractivity contribution in [2.24, 2.45) is 0 Å². The van der Waals surface area contributed by atoms with E-state index in [1.807, 2.05) is 35.2 Å². The maximum atomic E-state index is 13.1. The first-order chi connectivity index (χ1) is 13.2. The lowest BCUT2D eigenvalue weighted by Crippen LogP contribution is -2.52. The number of likely N-dealkylation sites (tertiary alicyclic amines) is 1. The third-order valence-electron chi connectivity index (χ3n) is 6.31. The SMILES string of the molecule is O=C1CC(NC(=O)C2(c3ccccc3)CCC2)CN1CCN1CCOCC1. The molecule has 0 radical (unpaired) electrons. The number of benzene rings is 1. The molecule has 0 aromatic heterocycles. The highest BCUT2D eigenvalue weighted by atomic mass is 16.5. The van der Waals surface area contributed by atoms with Crippen molar-refractivity contribution in [3.05, 3.63) is 35.9 Å².